The first kappa shape index (κ1) is 18.6. The van der Waals surface area contributed by atoms with Crippen molar-refractivity contribution in [3.8, 4) is 0 Å². The molecule has 0 aliphatic heterocycles. The van der Waals surface area contributed by atoms with Gasteiger partial charge in [0, 0.05) is 15.5 Å². The smallest absolute Gasteiger partial charge is 0.275 e. The van der Waals surface area contributed by atoms with Gasteiger partial charge in [-0.25, -0.2) is 13.4 Å². The number of carbonyl (C=O) groups is 1. The predicted molar refractivity (Wildman–Crippen MR) is 106 cm³/mol. The summed E-state index contributed by atoms with van der Waals surface area (Å²) in [4.78, 5) is 16.5. The molecule has 1 aromatic heterocycles. The Morgan fingerprint density at radius 2 is 1.88 bits per heavy atom. The highest BCUT2D eigenvalue weighted by Gasteiger charge is 2.17. The summed E-state index contributed by atoms with van der Waals surface area (Å²) in [5, 5.41) is 4.38. The zero-order valence-electron chi connectivity index (χ0n) is 13.6. The van der Waals surface area contributed by atoms with Gasteiger partial charge in [-0.1, -0.05) is 34.1 Å². The number of carbonyl (C=O) groups excluding carboxylic acids is 1. The molecular weight excluding hydrogens is 438 g/mol. The molecule has 1 amide bonds. The third-order valence-corrected chi connectivity index (χ3v) is 6.56. The maximum atomic E-state index is 12.3. The molecule has 0 aliphatic rings. The molecule has 0 unspecified atom stereocenters. The van der Waals surface area contributed by atoms with Crippen molar-refractivity contribution in [3.63, 3.8) is 0 Å². The van der Waals surface area contributed by atoms with E-state index in [0.717, 1.165) is 21.4 Å². The number of aryl methyl sites for hydroxylation is 1. The van der Waals surface area contributed by atoms with Crippen molar-refractivity contribution in [2.75, 3.05) is 10.0 Å². The predicted octanol–water partition coefficient (Wildman–Crippen LogP) is 4.27. The molecule has 3 aromatic rings. The van der Waals surface area contributed by atoms with Gasteiger partial charge in [0.2, 0.25) is 0 Å². The molecule has 9 heteroatoms. The molecule has 0 spiro atoms. The highest BCUT2D eigenvalue weighted by atomic mass is 79.9. The molecule has 1 heterocycles. The average molecular weight is 452 g/mol. The molecule has 2 aromatic carbocycles. The monoisotopic (exact) mass is 451 g/mol. The third kappa shape index (κ3) is 4.29. The molecule has 6 nitrogen and oxygen atoms in total. The fourth-order valence-corrected chi connectivity index (χ4v) is 4.33. The minimum atomic E-state index is -3.73. The van der Waals surface area contributed by atoms with Crippen LogP contribution in [0.15, 0.2) is 63.3 Å². The van der Waals surface area contributed by atoms with Gasteiger partial charge in [-0.2, -0.15) is 0 Å². The molecule has 0 saturated heterocycles. The first-order valence-corrected chi connectivity index (χ1v) is 10.6. The summed E-state index contributed by atoms with van der Waals surface area (Å²) in [6, 6.07) is 13.4. The van der Waals surface area contributed by atoms with Gasteiger partial charge in [0.25, 0.3) is 15.9 Å². The first-order valence-electron chi connectivity index (χ1n) is 7.46. The maximum Gasteiger partial charge on any atom is 0.275 e. The van der Waals surface area contributed by atoms with Crippen LogP contribution in [0.1, 0.15) is 16.1 Å². The van der Waals surface area contributed by atoms with Gasteiger partial charge in [0.1, 0.15) is 5.69 Å². The summed E-state index contributed by atoms with van der Waals surface area (Å²) >= 11 is 4.45. The summed E-state index contributed by atoms with van der Waals surface area (Å²) in [5.74, 6) is -0.409. The van der Waals surface area contributed by atoms with Gasteiger partial charge in [-0.05, 0) is 42.8 Å². The number of thiazole rings is 1. The Kier molecular flexibility index (Phi) is 5.40. The molecule has 0 fully saturated rings. The second-order valence-corrected chi connectivity index (χ2v) is 8.77. The van der Waals surface area contributed by atoms with Crippen LogP contribution in [0.5, 0.6) is 0 Å². The van der Waals surface area contributed by atoms with Crippen molar-refractivity contribution >= 4 is 54.0 Å². The van der Waals surface area contributed by atoms with E-state index in [1.54, 1.807) is 24.3 Å². The summed E-state index contributed by atoms with van der Waals surface area (Å²) < 4.78 is 27.9. The Balaban J connectivity index is 1.73. The molecular formula is C17H14BrN3O3S2. The number of halogens is 1. The van der Waals surface area contributed by atoms with Gasteiger partial charge in [0.15, 0.2) is 5.13 Å². The number of nitrogens with one attached hydrogen (secondary N) is 2. The number of nitrogens with zero attached hydrogens (tertiary/aromatic N) is 1. The van der Waals surface area contributed by atoms with Crippen LogP contribution >= 0.6 is 27.3 Å². The zero-order chi connectivity index (χ0) is 18.7. The molecule has 0 aliphatic carbocycles. The number of benzene rings is 2. The van der Waals surface area contributed by atoms with Crippen molar-refractivity contribution in [1.29, 1.82) is 0 Å². The minimum Gasteiger partial charge on any atom is -0.321 e. The summed E-state index contributed by atoms with van der Waals surface area (Å²) in [5.41, 5.74) is 1.76. The quantitative estimate of drug-likeness (QED) is 0.606. The molecule has 3 rings (SSSR count). The van der Waals surface area contributed by atoms with Gasteiger partial charge < -0.3 is 5.32 Å². The van der Waals surface area contributed by atoms with Gasteiger partial charge in [0.05, 0.1) is 4.90 Å². The lowest BCUT2D eigenvalue weighted by molar-refractivity contribution is 0.102. The SMILES string of the molecule is Cc1cc(NC(=O)c2csc(NS(=O)(=O)c3ccccc3)n2)ccc1Br. The summed E-state index contributed by atoms with van der Waals surface area (Å²) in [6.07, 6.45) is 0. The number of amides is 1. The number of hydrogen-bond acceptors (Lipinski definition) is 5. The van der Waals surface area contributed by atoms with Crippen molar-refractivity contribution in [1.82, 2.24) is 4.98 Å². The lowest BCUT2D eigenvalue weighted by Crippen LogP contribution is -2.14. The van der Waals surface area contributed by atoms with E-state index in [1.165, 1.54) is 17.5 Å². The van der Waals surface area contributed by atoms with Gasteiger partial charge in [-0.15, -0.1) is 11.3 Å². The van der Waals surface area contributed by atoms with Crippen LogP contribution < -0.4 is 10.0 Å². The van der Waals surface area contributed by atoms with Crippen molar-refractivity contribution in [2.45, 2.75) is 11.8 Å². The Hall–Kier alpha value is -2.23. The minimum absolute atomic E-state index is 0.131. The van der Waals surface area contributed by atoms with Gasteiger partial charge >= 0.3 is 0 Å². The zero-order valence-corrected chi connectivity index (χ0v) is 16.8. The number of rotatable bonds is 5. The highest BCUT2D eigenvalue weighted by molar-refractivity contribution is 9.10. The van der Waals surface area contributed by atoms with E-state index in [0.29, 0.717) is 5.69 Å². The fourth-order valence-electron chi connectivity index (χ4n) is 2.12. The lowest BCUT2D eigenvalue weighted by Gasteiger charge is -2.06. The topological polar surface area (TPSA) is 88.2 Å². The molecule has 0 radical (unpaired) electrons. The molecule has 0 atom stereocenters. The number of hydrogen-bond donors (Lipinski definition) is 2. The van der Waals surface area contributed by atoms with Gasteiger partial charge in [-0.3, -0.25) is 9.52 Å². The van der Waals surface area contributed by atoms with E-state index in [4.69, 9.17) is 0 Å². The van der Waals surface area contributed by atoms with Crippen LogP contribution in [0.2, 0.25) is 0 Å². The molecule has 2 N–H and O–H groups in total. The summed E-state index contributed by atoms with van der Waals surface area (Å²) in [7, 11) is -3.73. The van der Waals surface area contributed by atoms with Crippen LogP contribution in [0.4, 0.5) is 10.8 Å². The third-order valence-electron chi connectivity index (χ3n) is 3.43. The maximum absolute atomic E-state index is 12.3. The number of anilines is 2. The molecule has 0 bridgehead atoms. The van der Waals surface area contributed by atoms with E-state index >= 15 is 0 Å². The van der Waals surface area contributed by atoms with Crippen molar-refractivity contribution in [3.05, 3.63) is 69.6 Å². The van der Waals surface area contributed by atoms with E-state index < -0.39 is 15.9 Å². The molecule has 26 heavy (non-hydrogen) atoms. The lowest BCUT2D eigenvalue weighted by atomic mass is 10.2. The highest BCUT2D eigenvalue weighted by Crippen LogP contribution is 2.23. The second-order valence-electron chi connectivity index (χ2n) is 5.37. The second kappa shape index (κ2) is 7.56. The van der Waals surface area contributed by atoms with E-state index in [9.17, 15) is 13.2 Å². The summed E-state index contributed by atoms with van der Waals surface area (Å²) in [6.45, 7) is 1.92. The largest absolute Gasteiger partial charge is 0.321 e. The normalized spacial score (nSPS) is 11.2. The van der Waals surface area contributed by atoms with Crippen LogP contribution in [0.3, 0.4) is 0 Å². The van der Waals surface area contributed by atoms with Crippen molar-refractivity contribution in [2.24, 2.45) is 0 Å². The van der Waals surface area contributed by atoms with E-state index in [2.05, 4.69) is 31.0 Å². The molecule has 0 saturated carbocycles. The van der Waals surface area contributed by atoms with E-state index in [1.807, 2.05) is 19.1 Å². The Morgan fingerprint density at radius 3 is 2.58 bits per heavy atom. The average Bonchev–Trinajstić information content (AvgIpc) is 3.07. The first-order chi connectivity index (χ1) is 12.3. The van der Waals surface area contributed by atoms with Crippen molar-refractivity contribution < 1.29 is 13.2 Å². The van der Waals surface area contributed by atoms with Crippen LogP contribution in [-0.2, 0) is 10.0 Å². The standard InChI is InChI=1S/C17H14BrN3O3S2/c1-11-9-12(7-8-14(11)18)19-16(22)15-10-25-17(20-15)21-26(23,24)13-5-3-2-4-6-13/h2-10H,1H3,(H,19,22)(H,20,21). The van der Waals surface area contributed by atoms with Crippen LogP contribution in [0, 0.1) is 6.92 Å². The van der Waals surface area contributed by atoms with Crippen LogP contribution in [0.25, 0.3) is 0 Å². The van der Waals surface area contributed by atoms with E-state index in [-0.39, 0.29) is 15.7 Å². The Bertz CT molecular complexity index is 1050. The Morgan fingerprint density at radius 1 is 1.15 bits per heavy atom. The molecule has 134 valence electrons. The number of sulfonamides is 1. The number of aromatic nitrogens is 1. The fraction of sp³-hybridized carbons (Fsp3) is 0.0588. The Labute approximate surface area is 163 Å². The van der Waals surface area contributed by atoms with Crippen LogP contribution in [-0.4, -0.2) is 19.3 Å².